The number of aliphatic imine (C=N–C) groups is 1. The quantitative estimate of drug-likeness (QED) is 0.291. The fraction of sp³-hybridized carbons (Fsp3) is 0.667. The van der Waals surface area contributed by atoms with Crippen molar-refractivity contribution in [2.75, 3.05) is 33.4 Å². The van der Waals surface area contributed by atoms with Gasteiger partial charge in [-0.2, -0.15) is 11.3 Å². The van der Waals surface area contributed by atoms with Crippen LogP contribution in [0, 0.1) is 5.92 Å². The SMILES string of the molecule is CN=C(NCCOCC(C)C)NCC(C)c1ccsc1.I. The maximum Gasteiger partial charge on any atom is 0.191 e. The Morgan fingerprint density at radius 1 is 1.33 bits per heavy atom. The third-order valence-corrected chi connectivity index (χ3v) is 3.60. The van der Waals surface area contributed by atoms with Crippen LogP contribution in [0.15, 0.2) is 21.8 Å². The molecular weight excluding hydrogens is 397 g/mol. The van der Waals surface area contributed by atoms with Crippen molar-refractivity contribution in [3.63, 3.8) is 0 Å². The third kappa shape index (κ3) is 9.31. The fourth-order valence-electron chi connectivity index (χ4n) is 1.70. The predicted molar refractivity (Wildman–Crippen MR) is 103 cm³/mol. The van der Waals surface area contributed by atoms with E-state index in [1.807, 2.05) is 0 Å². The van der Waals surface area contributed by atoms with E-state index in [1.165, 1.54) is 5.56 Å². The molecular formula is C15H28IN3OS. The average molecular weight is 425 g/mol. The van der Waals surface area contributed by atoms with Crippen LogP contribution in [0.5, 0.6) is 0 Å². The van der Waals surface area contributed by atoms with E-state index in [2.05, 4.69) is 53.2 Å². The molecule has 21 heavy (non-hydrogen) atoms. The van der Waals surface area contributed by atoms with Crippen LogP contribution >= 0.6 is 35.3 Å². The summed E-state index contributed by atoms with van der Waals surface area (Å²) in [6.45, 7) is 9.69. The normalized spacial score (nSPS) is 12.9. The maximum atomic E-state index is 5.53. The first-order valence-corrected chi connectivity index (χ1v) is 8.12. The lowest BCUT2D eigenvalue weighted by Crippen LogP contribution is -2.40. The van der Waals surface area contributed by atoms with Crippen LogP contribution in [-0.4, -0.2) is 39.3 Å². The lowest BCUT2D eigenvalue weighted by molar-refractivity contribution is 0.114. The zero-order valence-corrected chi connectivity index (χ0v) is 16.5. The lowest BCUT2D eigenvalue weighted by Gasteiger charge is -2.15. The standard InChI is InChI=1S/C15H27N3OS.HI/c1-12(2)10-19-7-6-17-15(16-4)18-9-13(3)14-5-8-20-11-14;/h5,8,11-13H,6-7,9-10H2,1-4H3,(H2,16,17,18);1H. The smallest absolute Gasteiger partial charge is 0.191 e. The topological polar surface area (TPSA) is 45.7 Å². The molecule has 6 heteroatoms. The number of hydrogen-bond acceptors (Lipinski definition) is 3. The molecule has 1 aromatic heterocycles. The molecule has 1 atom stereocenters. The van der Waals surface area contributed by atoms with Gasteiger partial charge in [0.2, 0.25) is 0 Å². The number of nitrogens with zero attached hydrogens (tertiary/aromatic N) is 1. The molecule has 0 saturated heterocycles. The molecule has 0 aliphatic rings. The first-order chi connectivity index (χ1) is 9.63. The highest BCUT2D eigenvalue weighted by molar-refractivity contribution is 14.0. The largest absolute Gasteiger partial charge is 0.379 e. The third-order valence-electron chi connectivity index (χ3n) is 2.90. The molecule has 0 aliphatic heterocycles. The number of nitrogens with one attached hydrogen (secondary N) is 2. The summed E-state index contributed by atoms with van der Waals surface area (Å²) in [5.41, 5.74) is 1.37. The van der Waals surface area contributed by atoms with Gasteiger partial charge in [0.15, 0.2) is 5.96 Å². The van der Waals surface area contributed by atoms with E-state index < -0.39 is 0 Å². The summed E-state index contributed by atoms with van der Waals surface area (Å²) in [6.07, 6.45) is 0. The minimum Gasteiger partial charge on any atom is -0.379 e. The van der Waals surface area contributed by atoms with Gasteiger partial charge < -0.3 is 15.4 Å². The van der Waals surface area contributed by atoms with Crippen LogP contribution in [0.4, 0.5) is 0 Å². The van der Waals surface area contributed by atoms with Crippen molar-refractivity contribution < 1.29 is 4.74 Å². The Morgan fingerprint density at radius 2 is 2.10 bits per heavy atom. The maximum absolute atomic E-state index is 5.53. The Labute approximate surface area is 149 Å². The minimum absolute atomic E-state index is 0. The van der Waals surface area contributed by atoms with Crippen LogP contribution < -0.4 is 10.6 Å². The predicted octanol–water partition coefficient (Wildman–Crippen LogP) is 3.31. The Morgan fingerprint density at radius 3 is 2.67 bits per heavy atom. The van der Waals surface area contributed by atoms with E-state index >= 15 is 0 Å². The molecule has 1 aromatic rings. The van der Waals surface area contributed by atoms with E-state index in [0.717, 1.165) is 25.7 Å². The number of halogens is 1. The summed E-state index contributed by atoms with van der Waals surface area (Å²) in [6, 6.07) is 2.17. The van der Waals surface area contributed by atoms with Crippen molar-refractivity contribution in [1.29, 1.82) is 0 Å². The van der Waals surface area contributed by atoms with Crippen molar-refractivity contribution in [3.05, 3.63) is 22.4 Å². The second kappa shape index (κ2) is 12.2. The van der Waals surface area contributed by atoms with Gasteiger partial charge >= 0.3 is 0 Å². The van der Waals surface area contributed by atoms with Crippen LogP contribution in [0.25, 0.3) is 0 Å². The summed E-state index contributed by atoms with van der Waals surface area (Å²) in [5, 5.41) is 10.9. The Kier molecular flexibility index (Phi) is 12.0. The van der Waals surface area contributed by atoms with Crippen LogP contribution in [0.1, 0.15) is 32.3 Å². The van der Waals surface area contributed by atoms with E-state index in [4.69, 9.17) is 4.74 Å². The molecule has 0 saturated carbocycles. The van der Waals surface area contributed by atoms with Gasteiger partial charge in [-0.3, -0.25) is 4.99 Å². The number of rotatable bonds is 8. The number of hydrogen-bond donors (Lipinski definition) is 2. The number of ether oxygens (including phenoxy) is 1. The number of guanidine groups is 1. The van der Waals surface area contributed by atoms with Gasteiger partial charge in [0.05, 0.1) is 6.61 Å². The zero-order chi connectivity index (χ0) is 14.8. The highest BCUT2D eigenvalue weighted by Gasteiger charge is 2.06. The molecule has 0 amide bonds. The first-order valence-electron chi connectivity index (χ1n) is 7.17. The molecule has 122 valence electrons. The van der Waals surface area contributed by atoms with Crippen molar-refractivity contribution in [2.24, 2.45) is 10.9 Å². The molecule has 0 spiro atoms. The minimum atomic E-state index is 0. The molecule has 0 fully saturated rings. The summed E-state index contributed by atoms with van der Waals surface area (Å²) in [7, 11) is 1.79. The Bertz CT molecular complexity index is 382. The molecule has 0 bridgehead atoms. The van der Waals surface area contributed by atoms with Crippen molar-refractivity contribution >= 4 is 41.3 Å². The van der Waals surface area contributed by atoms with Gasteiger partial charge in [0.1, 0.15) is 0 Å². The highest BCUT2D eigenvalue weighted by atomic mass is 127. The lowest BCUT2D eigenvalue weighted by atomic mass is 10.1. The van der Waals surface area contributed by atoms with E-state index in [0.29, 0.717) is 18.4 Å². The summed E-state index contributed by atoms with van der Waals surface area (Å²) in [4.78, 5) is 4.22. The van der Waals surface area contributed by atoms with Crippen molar-refractivity contribution in [2.45, 2.75) is 26.7 Å². The van der Waals surface area contributed by atoms with Gasteiger partial charge in [0, 0.05) is 26.7 Å². The van der Waals surface area contributed by atoms with Gasteiger partial charge in [-0.15, -0.1) is 24.0 Å². The Hall–Kier alpha value is -0.340. The van der Waals surface area contributed by atoms with E-state index in [9.17, 15) is 0 Å². The van der Waals surface area contributed by atoms with Crippen LogP contribution in [0.3, 0.4) is 0 Å². The monoisotopic (exact) mass is 425 g/mol. The van der Waals surface area contributed by atoms with Gasteiger partial charge in [0.25, 0.3) is 0 Å². The van der Waals surface area contributed by atoms with E-state index in [1.54, 1.807) is 18.4 Å². The van der Waals surface area contributed by atoms with Gasteiger partial charge in [-0.05, 0) is 34.2 Å². The number of thiophene rings is 1. The molecule has 4 nitrogen and oxygen atoms in total. The summed E-state index contributed by atoms with van der Waals surface area (Å²) in [5.74, 6) is 1.90. The first kappa shape index (κ1) is 20.7. The molecule has 0 aliphatic carbocycles. The second-order valence-corrected chi connectivity index (χ2v) is 6.09. The summed E-state index contributed by atoms with van der Waals surface area (Å²) < 4.78 is 5.53. The summed E-state index contributed by atoms with van der Waals surface area (Å²) >= 11 is 1.74. The molecule has 1 unspecified atom stereocenters. The second-order valence-electron chi connectivity index (χ2n) is 5.31. The average Bonchev–Trinajstić information content (AvgIpc) is 2.95. The molecule has 1 heterocycles. The fourth-order valence-corrected chi connectivity index (χ4v) is 2.49. The van der Waals surface area contributed by atoms with Crippen molar-refractivity contribution in [1.82, 2.24) is 10.6 Å². The van der Waals surface area contributed by atoms with Gasteiger partial charge in [-0.1, -0.05) is 20.8 Å². The van der Waals surface area contributed by atoms with Crippen molar-refractivity contribution in [3.8, 4) is 0 Å². The Balaban J connectivity index is 0.00000400. The molecule has 0 aromatic carbocycles. The van der Waals surface area contributed by atoms with Gasteiger partial charge in [-0.25, -0.2) is 0 Å². The molecule has 0 radical (unpaired) electrons. The highest BCUT2D eigenvalue weighted by Crippen LogP contribution is 2.16. The van der Waals surface area contributed by atoms with E-state index in [-0.39, 0.29) is 24.0 Å². The molecule has 1 rings (SSSR count). The van der Waals surface area contributed by atoms with Crippen LogP contribution in [-0.2, 0) is 4.74 Å². The molecule has 2 N–H and O–H groups in total. The zero-order valence-electron chi connectivity index (χ0n) is 13.4. The van der Waals surface area contributed by atoms with Crippen LogP contribution in [0.2, 0.25) is 0 Å².